The third-order valence-corrected chi connectivity index (χ3v) is 4.97. The molecule has 0 bridgehead atoms. The molecule has 0 saturated carbocycles. The van der Waals surface area contributed by atoms with E-state index in [9.17, 15) is 4.39 Å². The number of para-hydroxylation sites is 1. The lowest BCUT2D eigenvalue weighted by molar-refractivity contribution is -0.00981. The fraction of sp³-hybridized carbons (Fsp3) is 0.200. The zero-order valence-electron chi connectivity index (χ0n) is 17.1. The molecule has 0 spiro atoms. The van der Waals surface area contributed by atoms with E-state index >= 15 is 0 Å². The summed E-state index contributed by atoms with van der Waals surface area (Å²) < 4.78 is 27.5. The highest BCUT2D eigenvalue weighted by Gasteiger charge is 2.19. The highest BCUT2D eigenvalue weighted by molar-refractivity contribution is 5.84. The van der Waals surface area contributed by atoms with Crippen molar-refractivity contribution in [2.24, 2.45) is 5.73 Å². The monoisotopic (exact) mass is 404 g/mol. The van der Waals surface area contributed by atoms with E-state index in [4.69, 9.17) is 15.2 Å². The Labute approximate surface area is 175 Å². The molecule has 154 valence electrons. The molecule has 0 amide bonds. The normalized spacial score (nSPS) is 13.2. The molecule has 1 unspecified atom stereocenters. The lowest BCUT2D eigenvalue weighted by atomic mass is 10.2. The molecule has 0 aliphatic rings. The van der Waals surface area contributed by atoms with E-state index in [1.807, 2.05) is 55.5 Å². The van der Waals surface area contributed by atoms with E-state index in [1.165, 1.54) is 12.1 Å². The van der Waals surface area contributed by atoms with Gasteiger partial charge >= 0.3 is 0 Å². The van der Waals surface area contributed by atoms with Gasteiger partial charge in [-0.3, -0.25) is 0 Å². The SMILES string of the molecule is CCc1cc2cc(OC(Oc3ccccc3)[C@H](C)N)ccc2n1-c1ccc(F)cc1. The van der Waals surface area contributed by atoms with Crippen LogP contribution in [-0.2, 0) is 6.42 Å². The van der Waals surface area contributed by atoms with Crippen molar-refractivity contribution < 1.29 is 13.9 Å². The molecule has 3 aromatic carbocycles. The van der Waals surface area contributed by atoms with Gasteiger partial charge in [-0.15, -0.1) is 0 Å². The van der Waals surface area contributed by atoms with Crippen LogP contribution >= 0.6 is 0 Å². The van der Waals surface area contributed by atoms with E-state index in [0.29, 0.717) is 11.5 Å². The molecular weight excluding hydrogens is 379 g/mol. The van der Waals surface area contributed by atoms with Gasteiger partial charge in [0.2, 0.25) is 0 Å². The predicted molar refractivity (Wildman–Crippen MR) is 118 cm³/mol. The summed E-state index contributed by atoms with van der Waals surface area (Å²) in [6.07, 6.45) is 0.233. The standard InChI is InChI=1S/C25H25FN2O2/c1-3-20-15-18-16-23(30-25(17(2)27)29-22-7-5-4-6-8-22)13-14-24(18)28(20)21-11-9-19(26)10-12-21/h4-17,25H,3,27H2,1-2H3/t17-,25?/m0/s1. The summed E-state index contributed by atoms with van der Waals surface area (Å²) >= 11 is 0. The zero-order valence-corrected chi connectivity index (χ0v) is 17.1. The Kier molecular flexibility index (Phi) is 5.72. The first-order valence-electron chi connectivity index (χ1n) is 10.1. The number of halogens is 1. The minimum absolute atomic E-state index is 0.246. The molecule has 4 aromatic rings. The Bertz CT molecular complexity index is 1120. The fourth-order valence-electron chi connectivity index (χ4n) is 3.49. The quantitative estimate of drug-likeness (QED) is 0.416. The summed E-state index contributed by atoms with van der Waals surface area (Å²) in [5.41, 5.74) is 9.20. The van der Waals surface area contributed by atoms with Gasteiger partial charge in [0, 0.05) is 16.8 Å². The van der Waals surface area contributed by atoms with Gasteiger partial charge in [0.1, 0.15) is 17.3 Å². The van der Waals surface area contributed by atoms with Crippen LogP contribution in [0.15, 0.2) is 78.9 Å². The van der Waals surface area contributed by atoms with E-state index in [2.05, 4.69) is 17.6 Å². The van der Waals surface area contributed by atoms with Crippen molar-refractivity contribution >= 4 is 10.9 Å². The average Bonchev–Trinajstić information content (AvgIpc) is 3.12. The van der Waals surface area contributed by atoms with Crippen molar-refractivity contribution in [1.82, 2.24) is 4.57 Å². The number of hydrogen-bond acceptors (Lipinski definition) is 3. The second kappa shape index (κ2) is 8.59. The summed E-state index contributed by atoms with van der Waals surface area (Å²) in [6, 6.07) is 23.7. The first-order chi connectivity index (χ1) is 14.5. The molecule has 1 aromatic heterocycles. The van der Waals surface area contributed by atoms with E-state index in [1.54, 1.807) is 12.1 Å². The van der Waals surface area contributed by atoms with Crippen LogP contribution in [0.3, 0.4) is 0 Å². The molecule has 30 heavy (non-hydrogen) atoms. The topological polar surface area (TPSA) is 49.4 Å². The minimum Gasteiger partial charge on any atom is -0.453 e. The van der Waals surface area contributed by atoms with Gasteiger partial charge in [0.25, 0.3) is 6.29 Å². The Morgan fingerprint density at radius 3 is 2.27 bits per heavy atom. The van der Waals surface area contributed by atoms with Gasteiger partial charge in [0.05, 0.1) is 11.6 Å². The number of hydrogen-bond donors (Lipinski definition) is 1. The Hall–Kier alpha value is -3.31. The van der Waals surface area contributed by atoms with E-state index in [-0.39, 0.29) is 11.9 Å². The molecule has 1 heterocycles. The second-order valence-corrected chi connectivity index (χ2v) is 7.30. The number of benzene rings is 3. The van der Waals surface area contributed by atoms with Crippen LogP contribution < -0.4 is 15.2 Å². The van der Waals surface area contributed by atoms with Crippen LogP contribution in [0.4, 0.5) is 4.39 Å². The molecule has 2 atom stereocenters. The third kappa shape index (κ3) is 4.16. The lowest BCUT2D eigenvalue weighted by Crippen LogP contribution is -2.40. The van der Waals surface area contributed by atoms with Crippen molar-refractivity contribution in [2.75, 3.05) is 0 Å². The van der Waals surface area contributed by atoms with Gasteiger partial charge in [-0.25, -0.2) is 4.39 Å². The molecule has 4 rings (SSSR count). The number of fused-ring (bicyclic) bond motifs is 1. The van der Waals surface area contributed by atoms with Crippen molar-refractivity contribution in [2.45, 2.75) is 32.6 Å². The molecule has 2 N–H and O–H groups in total. The van der Waals surface area contributed by atoms with Crippen LogP contribution in [0, 0.1) is 5.82 Å². The number of nitrogens with zero attached hydrogens (tertiary/aromatic N) is 1. The molecule has 5 heteroatoms. The molecule has 0 aliphatic heterocycles. The summed E-state index contributed by atoms with van der Waals surface area (Å²) in [7, 11) is 0. The maximum Gasteiger partial charge on any atom is 0.255 e. The first-order valence-corrected chi connectivity index (χ1v) is 10.1. The van der Waals surface area contributed by atoms with Gasteiger partial charge < -0.3 is 19.8 Å². The van der Waals surface area contributed by atoms with Gasteiger partial charge in [-0.2, -0.15) is 0 Å². The Morgan fingerprint density at radius 2 is 1.60 bits per heavy atom. The highest BCUT2D eigenvalue weighted by Crippen LogP contribution is 2.29. The van der Waals surface area contributed by atoms with Crippen molar-refractivity contribution in [1.29, 1.82) is 0 Å². The number of aromatic nitrogens is 1. The number of aryl methyl sites for hydroxylation is 1. The Balaban J connectivity index is 1.65. The third-order valence-electron chi connectivity index (χ3n) is 4.97. The summed E-state index contributed by atoms with van der Waals surface area (Å²) in [4.78, 5) is 0. The van der Waals surface area contributed by atoms with Gasteiger partial charge in [-0.05, 0) is 74.0 Å². The largest absolute Gasteiger partial charge is 0.453 e. The van der Waals surface area contributed by atoms with Crippen molar-refractivity contribution in [3.63, 3.8) is 0 Å². The van der Waals surface area contributed by atoms with Crippen LogP contribution in [0.2, 0.25) is 0 Å². The van der Waals surface area contributed by atoms with Gasteiger partial charge in [0.15, 0.2) is 0 Å². The molecule has 0 aliphatic carbocycles. The number of ether oxygens (including phenoxy) is 2. The van der Waals surface area contributed by atoms with Crippen LogP contribution in [0.5, 0.6) is 11.5 Å². The molecular formula is C25H25FN2O2. The maximum atomic E-state index is 13.4. The smallest absolute Gasteiger partial charge is 0.255 e. The molecule has 4 nitrogen and oxygen atoms in total. The lowest BCUT2D eigenvalue weighted by Gasteiger charge is -2.23. The minimum atomic E-state index is -0.616. The average molecular weight is 404 g/mol. The highest BCUT2D eigenvalue weighted by atomic mass is 19.1. The van der Waals surface area contributed by atoms with E-state index in [0.717, 1.165) is 28.7 Å². The molecule has 0 radical (unpaired) electrons. The summed E-state index contributed by atoms with van der Waals surface area (Å²) in [5, 5.41) is 1.04. The molecule has 0 saturated heterocycles. The summed E-state index contributed by atoms with van der Waals surface area (Å²) in [6.45, 7) is 3.96. The van der Waals surface area contributed by atoms with E-state index < -0.39 is 6.29 Å². The van der Waals surface area contributed by atoms with Crippen LogP contribution in [-0.4, -0.2) is 16.9 Å². The first kappa shape index (κ1) is 20.0. The maximum absolute atomic E-state index is 13.4. The summed E-state index contributed by atoms with van der Waals surface area (Å²) in [5.74, 6) is 1.14. The fourth-order valence-corrected chi connectivity index (χ4v) is 3.49. The van der Waals surface area contributed by atoms with Crippen LogP contribution in [0.25, 0.3) is 16.6 Å². The van der Waals surface area contributed by atoms with Crippen molar-refractivity contribution in [3.8, 4) is 17.2 Å². The number of rotatable bonds is 7. The number of nitrogens with two attached hydrogens (primary N) is 1. The molecule has 0 fully saturated rings. The van der Waals surface area contributed by atoms with Gasteiger partial charge in [-0.1, -0.05) is 25.1 Å². The van der Waals surface area contributed by atoms with Crippen LogP contribution in [0.1, 0.15) is 19.5 Å². The second-order valence-electron chi connectivity index (χ2n) is 7.30. The van der Waals surface area contributed by atoms with Crippen molar-refractivity contribution in [3.05, 3.63) is 90.4 Å². The Morgan fingerprint density at radius 1 is 0.900 bits per heavy atom. The predicted octanol–water partition coefficient (Wildman–Crippen LogP) is 5.46. The zero-order chi connectivity index (χ0) is 21.1.